The fourth-order valence-corrected chi connectivity index (χ4v) is 4.25. The number of epoxide rings is 1. The summed E-state index contributed by atoms with van der Waals surface area (Å²) in [5.74, 6) is 0.517. The summed E-state index contributed by atoms with van der Waals surface area (Å²) in [6.45, 7) is 13.9. The highest BCUT2D eigenvalue weighted by atomic mass is 16.6. The maximum Gasteiger partial charge on any atom is 0.238 e. The number of nitrogens with one attached hydrogen (secondary N) is 1. The zero-order valence-electron chi connectivity index (χ0n) is 22.1. The molecule has 2 N–H and O–H groups in total. The number of methoxy groups -OCH3 is 2. The molecule has 1 saturated heterocycles. The second-order valence-electron chi connectivity index (χ2n) is 9.41. The topological polar surface area (TPSA) is 84.1 Å². The van der Waals surface area contributed by atoms with Crippen LogP contribution in [0.3, 0.4) is 0 Å². The van der Waals surface area contributed by atoms with Crippen LogP contribution in [-0.4, -0.2) is 42.1 Å². The SMILES string of the molecule is C/C=C(\C)C1O[C@@]1(C)[C@H](O)[C@H](C)/C=C(C)/C=C/C/C(C)=C/Cc1[nH]c(OC)c(OC)c(=O)c1C. The van der Waals surface area contributed by atoms with E-state index < -0.39 is 11.7 Å². The van der Waals surface area contributed by atoms with Crippen molar-refractivity contribution in [3.63, 3.8) is 0 Å². The molecule has 1 fully saturated rings. The lowest BCUT2D eigenvalue weighted by atomic mass is 9.87. The highest BCUT2D eigenvalue weighted by Gasteiger charge is 2.58. The molecular formula is C28H41NO5. The molecule has 0 saturated carbocycles. The lowest BCUT2D eigenvalue weighted by Crippen LogP contribution is -2.34. The standard InChI is InChI=1S/C28H41NO5/c1-10-19(4)26-28(7,34-26)25(31)20(5)16-18(3)13-11-12-17(2)14-15-22-21(6)23(30)24(32-8)27(29-22)33-9/h10-11,13-14,16,20,25-26,31H,12,15H2,1-9H3,(H,29,30)/b13-11+,17-14+,18-16+,19-10+/t20-,25-,26?,28+/m1/s1. The van der Waals surface area contributed by atoms with Gasteiger partial charge in [0.15, 0.2) is 0 Å². The van der Waals surface area contributed by atoms with Gasteiger partial charge in [0, 0.05) is 23.6 Å². The second-order valence-corrected chi connectivity index (χ2v) is 9.41. The number of aromatic nitrogens is 1. The van der Waals surface area contributed by atoms with Crippen LogP contribution in [0.4, 0.5) is 0 Å². The predicted molar refractivity (Wildman–Crippen MR) is 138 cm³/mol. The molecule has 1 aromatic heterocycles. The van der Waals surface area contributed by atoms with Crippen molar-refractivity contribution in [3.8, 4) is 11.6 Å². The Morgan fingerprint density at radius 3 is 2.53 bits per heavy atom. The van der Waals surface area contributed by atoms with Crippen molar-refractivity contribution in [2.24, 2.45) is 5.92 Å². The van der Waals surface area contributed by atoms with Crippen molar-refractivity contribution in [3.05, 3.63) is 68.6 Å². The van der Waals surface area contributed by atoms with Crippen molar-refractivity contribution in [2.45, 2.75) is 79.1 Å². The molecule has 34 heavy (non-hydrogen) atoms. The van der Waals surface area contributed by atoms with Crippen molar-refractivity contribution in [2.75, 3.05) is 14.2 Å². The predicted octanol–water partition coefficient (Wildman–Crippen LogP) is 5.20. The molecule has 1 unspecified atom stereocenters. The van der Waals surface area contributed by atoms with Crippen LogP contribution in [-0.2, 0) is 11.2 Å². The van der Waals surface area contributed by atoms with Crippen LogP contribution >= 0.6 is 0 Å². The number of rotatable bonds is 11. The fraction of sp³-hybridized carbons (Fsp3) is 0.536. The zero-order valence-corrected chi connectivity index (χ0v) is 22.1. The van der Waals surface area contributed by atoms with Crippen molar-refractivity contribution in [1.29, 1.82) is 0 Å². The lowest BCUT2D eigenvalue weighted by molar-refractivity contribution is 0.0564. The molecule has 1 aliphatic rings. The summed E-state index contributed by atoms with van der Waals surface area (Å²) >= 11 is 0. The monoisotopic (exact) mass is 471 g/mol. The van der Waals surface area contributed by atoms with E-state index in [1.807, 2.05) is 40.7 Å². The number of pyridine rings is 1. The van der Waals surface area contributed by atoms with Crippen LogP contribution in [0.15, 0.2) is 51.9 Å². The molecule has 0 spiro atoms. The average molecular weight is 472 g/mol. The van der Waals surface area contributed by atoms with E-state index in [4.69, 9.17) is 14.2 Å². The van der Waals surface area contributed by atoms with E-state index in [-0.39, 0.29) is 23.2 Å². The molecule has 2 heterocycles. The molecule has 1 aromatic rings. The van der Waals surface area contributed by atoms with Crippen molar-refractivity contribution in [1.82, 2.24) is 4.98 Å². The highest BCUT2D eigenvalue weighted by Crippen LogP contribution is 2.45. The Kier molecular flexibility index (Phi) is 9.54. The van der Waals surface area contributed by atoms with Crippen LogP contribution in [0.5, 0.6) is 11.6 Å². The van der Waals surface area contributed by atoms with Crippen molar-refractivity contribution < 1.29 is 19.3 Å². The molecule has 0 radical (unpaired) electrons. The highest BCUT2D eigenvalue weighted by molar-refractivity contribution is 5.40. The summed E-state index contributed by atoms with van der Waals surface area (Å²) in [5.41, 5.74) is 4.21. The first-order chi connectivity index (χ1) is 16.0. The maximum atomic E-state index is 12.5. The van der Waals surface area contributed by atoms with Crippen LogP contribution in [0, 0.1) is 12.8 Å². The minimum atomic E-state index is -0.565. The Morgan fingerprint density at radius 1 is 1.26 bits per heavy atom. The third-order valence-electron chi connectivity index (χ3n) is 6.67. The van der Waals surface area contributed by atoms with Crippen LogP contribution < -0.4 is 14.9 Å². The van der Waals surface area contributed by atoms with E-state index in [0.29, 0.717) is 17.9 Å². The first kappa shape index (κ1) is 27.7. The zero-order chi connectivity index (χ0) is 25.6. The molecule has 188 valence electrons. The van der Waals surface area contributed by atoms with E-state index in [1.54, 1.807) is 6.92 Å². The third kappa shape index (κ3) is 6.30. The summed E-state index contributed by atoms with van der Waals surface area (Å²) in [6.07, 6.45) is 11.3. The second kappa shape index (κ2) is 11.7. The minimum absolute atomic E-state index is 0.00349. The Balaban J connectivity index is 1.98. The molecule has 0 aliphatic carbocycles. The van der Waals surface area contributed by atoms with E-state index in [1.165, 1.54) is 19.8 Å². The van der Waals surface area contributed by atoms with Crippen LogP contribution in [0.2, 0.25) is 0 Å². The summed E-state index contributed by atoms with van der Waals surface area (Å²) in [4.78, 5) is 15.6. The summed E-state index contributed by atoms with van der Waals surface area (Å²) in [6, 6.07) is 0. The number of hydrogen-bond donors (Lipinski definition) is 2. The molecule has 0 bridgehead atoms. The van der Waals surface area contributed by atoms with Gasteiger partial charge in [0.25, 0.3) is 0 Å². The number of aromatic amines is 1. The van der Waals surface area contributed by atoms with Gasteiger partial charge in [-0.15, -0.1) is 0 Å². The summed E-state index contributed by atoms with van der Waals surface area (Å²) in [7, 11) is 2.97. The first-order valence-corrected chi connectivity index (χ1v) is 11.8. The first-order valence-electron chi connectivity index (χ1n) is 11.8. The quantitative estimate of drug-likeness (QED) is 0.263. The number of allylic oxidation sites excluding steroid dienone is 6. The van der Waals surface area contributed by atoms with E-state index in [2.05, 4.69) is 36.2 Å². The molecule has 6 nitrogen and oxygen atoms in total. The van der Waals surface area contributed by atoms with E-state index >= 15 is 0 Å². The molecule has 0 amide bonds. The largest absolute Gasteiger partial charge is 0.488 e. The number of ether oxygens (including phenoxy) is 3. The summed E-state index contributed by atoms with van der Waals surface area (Å²) < 4.78 is 16.3. The molecule has 1 aliphatic heterocycles. The number of aliphatic hydroxyl groups is 1. The van der Waals surface area contributed by atoms with Gasteiger partial charge in [-0.1, -0.05) is 48.5 Å². The number of H-pyrrole nitrogens is 1. The third-order valence-corrected chi connectivity index (χ3v) is 6.67. The van der Waals surface area contributed by atoms with Gasteiger partial charge < -0.3 is 24.3 Å². The van der Waals surface area contributed by atoms with E-state index in [0.717, 1.165) is 23.3 Å². The van der Waals surface area contributed by atoms with Gasteiger partial charge in [-0.2, -0.15) is 0 Å². The van der Waals surface area contributed by atoms with Gasteiger partial charge >= 0.3 is 0 Å². The Hall–Kier alpha value is -2.57. The molecule has 6 heteroatoms. The Bertz CT molecular complexity index is 1050. The lowest BCUT2D eigenvalue weighted by Gasteiger charge is -2.21. The van der Waals surface area contributed by atoms with Gasteiger partial charge in [0.05, 0.1) is 20.3 Å². The van der Waals surface area contributed by atoms with Crippen LogP contribution in [0.25, 0.3) is 0 Å². The smallest absolute Gasteiger partial charge is 0.238 e. The normalized spacial score (nSPS) is 23.2. The molecule has 2 rings (SSSR count). The molecule has 0 aromatic carbocycles. The summed E-state index contributed by atoms with van der Waals surface area (Å²) in [5, 5.41) is 10.8. The minimum Gasteiger partial charge on any atom is -0.488 e. The van der Waals surface area contributed by atoms with Gasteiger partial charge in [-0.3, -0.25) is 4.79 Å². The van der Waals surface area contributed by atoms with Crippen molar-refractivity contribution >= 4 is 0 Å². The van der Waals surface area contributed by atoms with Gasteiger partial charge in [-0.05, 0) is 53.5 Å². The average Bonchev–Trinajstić information content (AvgIpc) is 3.51. The van der Waals surface area contributed by atoms with Gasteiger partial charge in [-0.25, -0.2) is 0 Å². The van der Waals surface area contributed by atoms with Gasteiger partial charge in [0.2, 0.25) is 17.1 Å². The Labute approximate surface area is 204 Å². The maximum absolute atomic E-state index is 12.5. The number of aliphatic hydroxyl groups excluding tert-OH is 1. The van der Waals surface area contributed by atoms with Gasteiger partial charge in [0.1, 0.15) is 11.7 Å². The molecular weight excluding hydrogens is 430 g/mol. The van der Waals surface area contributed by atoms with E-state index in [9.17, 15) is 9.90 Å². The fourth-order valence-electron chi connectivity index (χ4n) is 4.25. The molecule has 4 atom stereocenters. The number of hydrogen-bond acceptors (Lipinski definition) is 5. The van der Waals surface area contributed by atoms with Crippen LogP contribution in [0.1, 0.15) is 59.2 Å². The Morgan fingerprint density at radius 2 is 1.94 bits per heavy atom.